The highest BCUT2D eigenvalue weighted by molar-refractivity contribution is 6.07. The average molecular weight is 405 g/mol. The second kappa shape index (κ2) is 8.16. The van der Waals surface area contributed by atoms with Gasteiger partial charge in [0.25, 0.3) is 6.29 Å². The molecule has 0 aliphatic heterocycles. The van der Waals surface area contributed by atoms with E-state index in [1.54, 1.807) is 0 Å². The zero-order chi connectivity index (χ0) is 21.2. The maximum atomic E-state index is 6.33. The van der Waals surface area contributed by atoms with E-state index in [0.29, 0.717) is 0 Å². The molecule has 0 bridgehead atoms. The zero-order valence-corrected chi connectivity index (χ0v) is 17.7. The summed E-state index contributed by atoms with van der Waals surface area (Å²) in [5.74, 6) is 1.56. The van der Waals surface area contributed by atoms with E-state index in [1.807, 2.05) is 48.5 Å². The summed E-state index contributed by atoms with van der Waals surface area (Å²) in [4.78, 5) is 0. The fourth-order valence-corrected chi connectivity index (χ4v) is 3.81. The van der Waals surface area contributed by atoms with Crippen LogP contribution in [0.4, 0.5) is 0 Å². The molecule has 0 amide bonds. The van der Waals surface area contributed by atoms with Gasteiger partial charge in [-0.05, 0) is 65.7 Å². The molecule has 5 aromatic carbocycles. The molecule has 5 rings (SSSR count). The van der Waals surface area contributed by atoms with Crippen molar-refractivity contribution in [1.29, 1.82) is 0 Å². The summed E-state index contributed by atoms with van der Waals surface area (Å²) in [7, 11) is 0. The first-order valence-corrected chi connectivity index (χ1v) is 10.5. The first-order chi connectivity index (χ1) is 15.2. The Balaban J connectivity index is 1.58. The largest absolute Gasteiger partial charge is 0.451 e. The van der Waals surface area contributed by atoms with Crippen molar-refractivity contribution in [2.75, 3.05) is 0 Å². The van der Waals surface area contributed by atoms with Crippen molar-refractivity contribution in [3.8, 4) is 11.5 Å². The Hall–Kier alpha value is -3.78. The molecular formula is C29H24O2. The summed E-state index contributed by atoms with van der Waals surface area (Å²) in [6.45, 7) is 4.14. The van der Waals surface area contributed by atoms with Crippen LogP contribution in [0, 0.1) is 13.8 Å². The molecule has 0 saturated heterocycles. The van der Waals surface area contributed by atoms with E-state index in [4.69, 9.17) is 9.47 Å². The number of hydrogen-bond donors (Lipinski definition) is 0. The Morgan fingerprint density at radius 2 is 1.03 bits per heavy atom. The van der Waals surface area contributed by atoms with Crippen molar-refractivity contribution in [2.24, 2.45) is 0 Å². The molecule has 0 radical (unpaired) electrons. The summed E-state index contributed by atoms with van der Waals surface area (Å²) in [6, 6.07) is 35.3. The Kier molecular flexibility index (Phi) is 5.05. The lowest BCUT2D eigenvalue weighted by atomic mass is 10.00. The standard InChI is InChI=1S/C29H24O2/c1-20-7-15-25(16-8-20)30-29(31-26-17-9-21(2)10-18-26)24-14-13-23-12-11-22-5-3-4-6-27(22)28(23)19-24/h3-19,29H,1-2H3. The fourth-order valence-electron chi connectivity index (χ4n) is 3.81. The molecular weight excluding hydrogens is 380 g/mol. The van der Waals surface area contributed by atoms with Crippen LogP contribution >= 0.6 is 0 Å². The lowest BCUT2D eigenvalue weighted by Crippen LogP contribution is -2.15. The molecule has 0 N–H and O–H groups in total. The van der Waals surface area contributed by atoms with Crippen molar-refractivity contribution >= 4 is 21.5 Å². The van der Waals surface area contributed by atoms with Gasteiger partial charge in [-0.3, -0.25) is 0 Å². The third-order valence-corrected chi connectivity index (χ3v) is 5.57. The minimum absolute atomic E-state index is 0.561. The lowest BCUT2D eigenvalue weighted by molar-refractivity contribution is 0.00390. The zero-order valence-electron chi connectivity index (χ0n) is 17.7. The highest BCUT2D eigenvalue weighted by Gasteiger charge is 2.17. The summed E-state index contributed by atoms with van der Waals surface area (Å²) >= 11 is 0. The predicted molar refractivity (Wildman–Crippen MR) is 128 cm³/mol. The number of ether oxygens (including phenoxy) is 2. The molecule has 152 valence electrons. The van der Waals surface area contributed by atoms with Gasteiger partial charge in [-0.1, -0.05) is 83.9 Å². The SMILES string of the molecule is Cc1ccc(OC(Oc2ccc(C)cc2)c2ccc3ccc4ccccc4c3c2)cc1. The van der Waals surface area contributed by atoms with Gasteiger partial charge in [0.2, 0.25) is 0 Å². The van der Waals surface area contributed by atoms with Crippen LogP contribution in [0.1, 0.15) is 23.0 Å². The summed E-state index contributed by atoms with van der Waals surface area (Å²) in [5.41, 5.74) is 3.37. The van der Waals surface area contributed by atoms with Gasteiger partial charge in [-0.2, -0.15) is 0 Å². The molecule has 0 aromatic heterocycles. The van der Waals surface area contributed by atoms with Gasteiger partial charge in [-0.25, -0.2) is 0 Å². The van der Waals surface area contributed by atoms with Crippen molar-refractivity contribution in [3.05, 3.63) is 120 Å². The molecule has 2 heteroatoms. The molecule has 0 atom stereocenters. The van der Waals surface area contributed by atoms with Crippen LogP contribution in [0.5, 0.6) is 11.5 Å². The Morgan fingerprint density at radius 3 is 1.65 bits per heavy atom. The van der Waals surface area contributed by atoms with Crippen LogP contribution in [-0.4, -0.2) is 0 Å². The number of benzene rings is 5. The summed E-state index contributed by atoms with van der Waals surface area (Å²) in [6.07, 6.45) is -0.561. The third-order valence-electron chi connectivity index (χ3n) is 5.57. The van der Waals surface area contributed by atoms with E-state index in [0.717, 1.165) is 17.1 Å². The Labute approximate surface area is 182 Å². The van der Waals surface area contributed by atoms with Crippen molar-refractivity contribution in [1.82, 2.24) is 0 Å². The molecule has 2 nitrogen and oxygen atoms in total. The van der Waals surface area contributed by atoms with E-state index in [-0.39, 0.29) is 0 Å². The topological polar surface area (TPSA) is 18.5 Å². The molecule has 0 aliphatic carbocycles. The molecule has 31 heavy (non-hydrogen) atoms. The Bertz CT molecular complexity index is 1290. The molecule has 0 unspecified atom stereocenters. The molecule has 0 aliphatic rings. The fraction of sp³-hybridized carbons (Fsp3) is 0.103. The van der Waals surface area contributed by atoms with E-state index in [2.05, 4.69) is 68.4 Å². The van der Waals surface area contributed by atoms with Gasteiger partial charge >= 0.3 is 0 Å². The monoisotopic (exact) mass is 404 g/mol. The molecule has 5 aromatic rings. The Morgan fingerprint density at radius 1 is 0.516 bits per heavy atom. The van der Waals surface area contributed by atoms with Crippen molar-refractivity contribution in [3.63, 3.8) is 0 Å². The van der Waals surface area contributed by atoms with E-state index >= 15 is 0 Å². The van der Waals surface area contributed by atoms with Crippen LogP contribution in [0.15, 0.2) is 103 Å². The predicted octanol–water partition coefficient (Wildman–Crippen LogP) is 7.77. The van der Waals surface area contributed by atoms with E-state index < -0.39 is 6.29 Å². The minimum Gasteiger partial charge on any atom is -0.451 e. The molecule has 0 fully saturated rings. The van der Waals surface area contributed by atoms with Crippen LogP contribution < -0.4 is 9.47 Å². The quantitative estimate of drug-likeness (QED) is 0.220. The highest BCUT2D eigenvalue weighted by atomic mass is 16.7. The van der Waals surface area contributed by atoms with E-state index in [1.165, 1.54) is 32.7 Å². The number of aryl methyl sites for hydroxylation is 2. The van der Waals surface area contributed by atoms with Gasteiger partial charge in [0.05, 0.1) is 0 Å². The van der Waals surface area contributed by atoms with Gasteiger partial charge in [0.15, 0.2) is 0 Å². The normalized spacial score (nSPS) is 11.2. The van der Waals surface area contributed by atoms with Gasteiger partial charge < -0.3 is 9.47 Å². The average Bonchev–Trinajstić information content (AvgIpc) is 2.81. The minimum atomic E-state index is -0.561. The molecule has 0 spiro atoms. The first kappa shape index (κ1) is 19.2. The second-order valence-corrected chi connectivity index (χ2v) is 7.96. The second-order valence-electron chi connectivity index (χ2n) is 7.96. The number of rotatable bonds is 5. The van der Waals surface area contributed by atoms with Crippen LogP contribution in [0.2, 0.25) is 0 Å². The van der Waals surface area contributed by atoms with E-state index in [9.17, 15) is 0 Å². The van der Waals surface area contributed by atoms with Crippen LogP contribution in [0.25, 0.3) is 21.5 Å². The van der Waals surface area contributed by atoms with Crippen molar-refractivity contribution < 1.29 is 9.47 Å². The van der Waals surface area contributed by atoms with Crippen LogP contribution in [0.3, 0.4) is 0 Å². The maximum absolute atomic E-state index is 6.33. The first-order valence-electron chi connectivity index (χ1n) is 10.5. The third kappa shape index (κ3) is 4.10. The number of fused-ring (bicyclic) bond motifs is 3. The van der Waals surface area contributed by atoms with Gasteiger partial charge in [0, 0.05) is 5.56 Å². The maximum Gasteiger partial charge on any atom is 0.267 e. The van der Waals surface area contributed by atoms with Crippen molar-refractivity contribution in [2.45, 2.75) is 20.1 Å². The molecule has 0 saturated carbocycles. The molecule has 0 heterocycles. The smallest absolute Gasteiger partial charge is 0.267 e. The number of hydrogen-bond acceptors (Lipinski definition) is 2. The lowest BCUT2D eigenvalue weighted by Gasteiger charge is -2.22. The summed E-state index contributed by atoms with van der Waals surface area (Å²) < 4.78 is 12.7. The van der Waals surface area contributed by atoms with Crippen LogP contribution in [-0.2, 0) is 0 Å². The summed E-state index contributed by atoms with van der Waals surface area (Å²) in [5, 5.41) is 4.85. The van der Waals surface area contributed by atoms with Gasteiger partial charge in [-0.15, -0.1) is 0 Å². The highest BCUT2D eigenvalue weighted by Crippen LogP contribution is 2.31. The van der Waals surface area contributed by atoms with Gasteiger partial charge in [0.1, 0.15) is 11.5 Å².